The van der Waals surface area contributed by atoms with E-state index in [1.807, 2.05) is 6.07 Å². The minimum atomic E-state index is -0.633. The molecule has 0 aliphatic carbocycles. The number of phenols is 1. The number of fused-ring (bicyclic) bond motifs is 1. The molecule has 0 aliphatic rings. The zero-order valence-corrected chi connectivity index (χ0v) is 15.4. The summed E-state index contributed by atoms with van der Waals surface area (Å²) in [4.78, 5) is 27.4. The summed E-state index contributed by atoms with van der Waals surface area (Å²) in [5.41, 5.74) is 2.85. The first-order valence-corrected chi connectivity index (χ1v) is 9.02. The first-order chi connectivity index (χ1) is 13.5. The van der Waals surface area contributed by atoms with Crippen molar-refractivity contribution in [2.45, 2.75) is 26.2 Å². The van der Waals surface area contributed by atoms with Gasteiger partial charge in [0.25, 0.3) is 0 Å². The average Bonchev–Trinajstić information content (AvgIpc) is 2.69. The van der Waals surface area contributed by atoms with Crippen LogP contribution >= 0.6 is 0 Å². The van der Waals surface area contributed by atoms with Crippen LogP contribution in [0.15, 0.2) is 42.6 Å². The van der Waals surface area contributed by atoms with Gasteiger partial charge in [0.15, 0.2) is 5.75 Å². The van der Waals surface area contributed by atoms with E-state index in [0.29, 0.717) is 18.2 Å². The van der Waals surface area contributed by atoms with Gasteiger partial charge in [-0.3, -0.25) is 4.98 Å². The number of carbonyl (C=O) groups is 2. The van der Waals surface area contributed by atoms with Crippen LogP contribution in [0.5, 0.6) is 5.75 Å². The summed E-state index contributed by atoms with van der Waals surface area (Å²) in [6, 6.07) is 9.64. The summed E-state index contributed by atoms with van der Waals surface area (Å²) < 4.78 is 18.1. The Morgan fingerprint density at radius 3 is 2.64 bits per heavy atom. The zero-order valence-electron chi connectivity index (χ0n) is 15.4. The summed E-state index contributed by atoms with van der Waals surface area (Å²) in [6.45, 7) is 1.87. The number of ether oxygens (including phenoxy) is 1. The molecular weight excluding hydrogens is 361 g/mol. The van der Waals surface area contributed by atoms with Crippen LogP contribution in [0.2, 0.25) is 0 Å². The molecule has 1 heterocycles. The molecule has 0 saturated heterocycles. The van der Waals surface area contributed by atoms with E-state index >= 15 is 0 Å². The molecule has 3 aromatic rings. The van der Waals surface area contributed by atoms with E-state index in [2.05, 4.69) is 4.98 Å². The molecule has 28 heavy (non-hydrogen) atoms. The van der Waals surface area contributed by atoms with Gasteiger partial charge in [0.05, 0.1) is 6.61 Å². The van der Waals surface area contributed by atoms with Crippen molar-refractivity contribution in [3.63, 3.8) is 0 Å². The lowest BCUT2D eigenvalue weighted by atomic mass is 9.97. The summed E-state index contributed by atoms with van der Waals surface area (Å²) in [5.74, 6) is -1.17. The maximum absolute atomic E-state index is 13.1. The zero-order chi connectivity index (χ0) is 20.1. The van der Waals surface area contributed by atoms with Gasteiger partial charge in [-0.05, 0) is 60.7 Å². The Bertz CT molecular complexity index is 1020. The Hall–Kier alpha value is -3.28. The Morgan fingerprint density at radius 2 is 1.96 bits per heavy atom. The van der Waals surface area contributed by atoms with Crippen molar-refractivity contribution in [2.75, 3.05) is 6.61 Å². The highest BCUT2D eigenvalue weighted by atomic mass is 19.1. The van der Waals surface area contributed by atoms with Gasteiger partial charge in [0.1, 0.15) is 23.2 Å². The van der Waals surface area contributed by atoms with Gasteiger partial charge in [-0.15, -0.1) is 0 Å². The molecule has 0 bridgehead atoms. The van der Waals surface area contributed by atoms with Crippen molar-refractivity contribution in [2.24, 2.45) is 0 Å². The number of aromatic nitrogens is 1. The summed E-state index contributed by atoms with van der Waals surface area (Å²) in [5, 5.41) is 11.2. The third-order valence-electron chi connectivity index (χ3n) is 4.44. The predicted octanol–water partition coefficient (Wildman–Crippen LogP) is 3.98. The number of rotatable bonds is 7. The molecule has 144 valence electrons. The number of aldehydes is 1. The summed E-state index contributed by atoms with van der Waals surface area (Å²) in [6.07, 6.45) is 3.65. The number of hydrogen-bond acceptors (Lipinski definition) is 5. The Kier molecular flexibility index (Phi) is 5.99. The highest BCUT2D eigenvalue weighted by Crippen LogP contribution is 2.32. The van der Waals surface area contributed by atoms with Crippen LogP contribution in [-0.2, 0) is 22.4 Å². The maximum Gasteiger partial charge on any atom is 0.341 e. The molecule has 0 aliphatic heterocycles. The van der Waals surface area contributed by atoms with E-state index in [0.717, 1.165) is 23.0 Å². The molecule has 0 fully saturated rings. The summed E-state index contributed by atoms with van der Waals surface area (Å²) >= 11 is 0. The van der Waals surface area contributed by atoms with Crippen molar-refractivity contribution >= 4 is 23.2 Å². The second kappa shape index (κ2) is 8.61. The fraction of sp³-hybridized carbons (Fsp3) is 0.227. The molecule has 0 saturated carbocycles. The van der Waals surface area contributed by atoms with E-state index in [1.54, 1.807) is 31.3 Å². The molecule has 3 rings (SSSR count). The monoisotopic (exact) mass is 381 g/mol. The van der Waals surface area contributed by atoms with Gasteiger partial charge in [0.2, 0.25) is 0 Å². The third-order valence-corrected chi connectivity index (χ3v) is 4.44. The van der Waals surface area contributed by atoms with Gasteiger partial charge in [-0.25, -0.2) is 9.18 Å². The lowest BCUT2D eigenvalue weighted by Crippen LogP contribution is -2.07. The number of benzene rings is 2. The lowest BCUT2D eigenvalue weighted by Gasteiger charge is -2.13. The number of phenolic OH excluding ortho intramolecular Hbond substituents is 1. The maximum atomic E-state index is 13.1. The fourth-order valence-electron chi connectivity index (χ4n) is 3.11. The minimum Gasteiger partial charge on any atom is -0.505 e. The average molecular weight is 381 g/mol. The SMILES string of the molecule is CCOC(=O)c1cc(CCC=O)c2cc(Cc3ccc(F)cc3)cnc2c1O. The molecule has 1 aromatic heterocycles. The van der Waals surface area contributed by atoms with E-state index in [-0.39, 0.29) is 35.7 Å². The van der Waals surface area contributed by atoms with Crippen LogP contribution in [0.3, 0.4) is 0 Å². The Morgan fingerprint density at radius 1 is 1.21 bits per heavy atom. The van der Waals surface area contributed by atoms with Crippen molar-refractivity contribution in [1.29, 1.82) is 0 Å². The van der Waals surface area contributed by atoms with Crippen LogP contribution in [0.25, 0.3) is 10.9 Å². The highest BCUT2D eigenvalue weighted by molar-refractivity contribution is 6.01. The molecule has 6 heteroatoms. The van der Waals surface area contributed by atoms with Gasteiger partial charge in [-0.2, -0.15) is 0 Å². The van der Waals surface area contributed by atoms with Crippen molar-refractivity contribution in [3.8, 4) is 5.75 Å². The van der Waals surface area contributed by atoms with Crippen LogP contribution in [0.4, 0.5) is 4.39 Å². The predicted molar refractivity (Wildman–Crippen MR) is 103 cm³/mol. The number of hydrogen-bond donors (Lipinski definition) is 1. The quantitative estimate of drug-likeness (QED) is 0.495. The Labute approximate surface area is 161 Å². The lowest BCUT2D eigenvalue weighted by molar-refractivity contribution is -0.107. The van der Waals surface area contributed by atoms with Crippen molar-refractivity contribution in [1.82, 2.24) is 4.98 Å². The van der Waals surface area contributed by atoms with Crippen LogP contribution in [0, 0.1) is 5.82 Å². The van der Waals surface area contributed by atoms with Gasteiger partial charge >= 0.3 is 5.97 Å². The number of nitrogens with zero attached hydrogens (tertiary/aromatic N) is 1. The number of pyridine rings is 1. The molecule has 1 N–H and O–H groups in total. The molecule has 0 atom stereocenters. The van der Waals surface area contributed by atoms with Crippen LogP contribution in [0.1, 0.15) is 40.4 Å². The van der Waals surface area contributed by atoms with Crippen LogP contribution < -0.4 is 0 Å². The fourth-order valence-corrected chi connectivity index (χ4v) is 3.11. The second-order valence-electron chi connectivity index (χ2n) is 6.40. The molecule has 0 amide bonds. The Balaban J connectivity index is 2.07. The molecule has 0 radical (unpaired) electrons. The normalized spacial score (nSPS) is 10.8. The van der Waals surface area contributed by atoms with Gasteiger partial charge < -0.3 is 14.6 Å². The molecule has 0 unspecified atom stereocenters. The highest BCUT2D eigenvalue weighted by Gasteiger charge is 2.19. The number of aromatic hydroxyl groups is 1. The molecule has 0 spiro atoms. The van der Waals surface area contributed by atoms with Crippen LogP contribution in [-0.4, -0.2) is 29.0 Å². The number of esters is 1. The van der Waals surface area contributed by atoms with Gasteiger partial charge in [-0.1, -0.05) is 12.1 Å². The summed E-state index contributed by atoms with van der Waals surface area (Å²) in [7, 11) is 0. The topological polar surface area (TPSA) is 76.5 Å². The second-order valence-corrected chi connectivity index (χ2v) is 6.40. The standard InChI is InChI=1S/C22H20FNO4/c1-2-28-22(27)19-12-16(4-3-9-25)18-11-15(13-24-20(18)21(19)26)10-14-5-7-17(23)8-6-14/h5-9,11-13,26H,2-4,10H2,1H3. The number of carbonyl (C=O) groups excluding carboxylic acids is 2. The van der Waals surface area contributed by atoms with E-state index in [4.69, 9.17) is 4.74 Å². The smallest absolute Gasteiger partial charge is 0.341 e. The molecular formula is C22H20FNO4. The molecule has 5 nitrogen and oxygen atoms in total. The van der Waals surface area contributed by atoms with Gasteiger partial charge in [0, 0.05) is 18.0 Å². The number of halogens is 1. The first kappa shape index (κ1) is 19.5. The molecule has 2 aromatic carbocycles. The largest absolute Gasteiger partial charge is 0.505 e. The van der Waals surface area contributed by atoms with Crippen molar-refractivity contribution < 1.29 is 23.8 Å². The van der Waals surface area contributed by atoms with E-state index in [1.165, 1.54) is 12.1 Å². The number of aryl methyl sites for hydroxylation is 1. The van der Waals surface area contributed by atoms with E-state index in [9.17, 15) is 19.1 Å². The van der Waals surface area contributed by atoms with Crippen molar-refractivity contribution in [3.05, 3.63) is 70.7 Å². The van der Waals surface area contributed by atoms with E-state index < -0.39 is 5.97 Å². The third kappa shape index (κ3) is 4.17. The minimum absolute atomic E-state index is 0.0361. The first-order valence-electron chi connectivity index (χ1n) is 9.02.